The number of ether oxygens (including phenoxy) is 1. The molecule has 0 aliphatic carbocycles. The molecule has 0 N–H and O–H groups in total. The van der Waals surface area contributed by atoms with E-state index in [-0.39, 0.29) is 0 Å². The number of hydrogen-bond donors (Lipinski definition) is 0. The molecule has 3 heterocycles. The summed E-state index contributed by atoms with van der Waals surface area (Å²) in [7, 11) is 0. The minimum Gasteiger partial charge on any atom is -0.489 e. The maximum atomic E-state index is 6.67. The van der Waals surface area contributed by atoms with Crippen LogP contribution in [0.3, 0.4) is 0 Å². The van der Waals surface area contributed by atoms with E-state index in [1.807, 2.05) is 18.6 Å². The van der Waals surface area contributed by atoms with Crippen LogP contribution in [0.15, 0.2) is 120 Å². The van der Waals surface area contributed by atoms with Gasteiger partial charge in [-0.3, -0.25) is 0 Å². The van der Waals surface area contributed by atoms with Crippen LogP contribution >= 0.6 is 27.5 Å². The van der Waals surface area contributed by atoms with Gasteiger partial charge in [0.05, 0.1) is 41.0 Å². The predicted molar refractivity (Wildman–Crippen MR) is 166 cm³/mol. The third-order valence-corrected chi connectivity index (χ3v) is 8.90. The highest BCUT2D eigenvalue weighted by Gasteiger charge is 2.40. The Morgan fingerprint density at radius 2 is 1.46 bits per heavy atom. The van der Waals surface area contributed by atoms with Gasteiger partial charge in [0.2, 0.25) is 0 Å². The van der Waals surface area contributed by atoms with Gasteiger partial charge in [-0.2, -0.15) is 0 Å². The first-order valence-corrected chi connectivity index (χ1v) is 14.5. The van der Waals surface area contributed by atoms with E-state index in [0.29, 0.717) is 30.5 Å². The van der Waals surface area contributed by atoms with E-state index in [4.69, 9.17) is 26.3 Å². The zero-order valence-electron chi connectivity index (χ0n) is 22.0. The molecule has 7 rings (SSSR count). The standard InChI is InChI=1S/C33H25BrClN5O/c34-27-18-28-29-31(30(27)35)41-17-16-39(32(29)38-21-37-28)20-26-19-36-22-40(26)33(23-10-4-1-5-11-23,24-12-6-2-7-13-24)25-14-8-3-9-15-25/h1-15,18-19,21-22H,16-17,20H2. The summed E-state index contributed by atoms with van der Waals surface area (Å²) in [5.41, 5.74) is 4.56. The van der Waals surface area contributed by atoms with Crippen molar-refractivity contribution < 1.29 is 4.74 Å². The SMILES string of the molecule is Clc1c(Br)cc2ncnc3c2c1OCCN3Cc1cncn1C(c1ccccc1)(c1ccccc1)c1ccccc1. The van der Waals surface area contributed by atoms with Gasteiger partial charge >= 0.3 is 0 Å². The van der Waals surface area contributed by atoms with Gasteiger partial charge in [0.15, 0.2) is 5.75 Å². The lowest BCUT2D eigenvalue weighted by Gasteiger charge is -2.39. The highest BCUT2D eigenvalue weighted by molar-refractivity contribution is 9.10. The molecule has 0 atom stereocenters. The van der Waals surface area contributed by atoms with Gasteiger partial charge in [-0.15, -0.1) is 0 Å². The molecule has 41 heavy (non-hydrogen) atoms. The second-order valence-corrected chi connectivity index (χ2v) is 11.2. The second-order valence-electron chi connectivity index (χ2n) is 9.93. The smallest absolute Gasteiger partial charge is 0.152 e. The number of aromatic nitrogens is 4. The monoisotopic (exact) mass is 621 g/mol. The van der Waals surface area contributed by atoms with E-state index >= 15 is 0 Å². The van der Waals surface area contributed by atoms with E-state index in [1.165, 1.54) is 0 Å². The van der Waals surface area contributed by atoms with Crippen LogP contribution < -0.4 is 9.64 Å². The summed E-state index contributed by atoms with van der Waals surface area (Å²) >= 11 is 10.2. The van der Waals surface area contributed by atoms with Crippen molar-refractivity contribution >= 4 is 44.3 Å². The van der Waals surface area contributed by atoms with Crippen LogP contribution in [-0.2, 0) is 12.1 Å². The van der Waals surface area contributed by atoms with Crippen molar-refractivity contribution in [2.75, 3.05) is 18.1 Å². The van der Waals surface area contributed by atoms with Crippen molar-refractivity contribution in [1.29, 1.82) is 0 Å². The molecule has 8 heteroatoms. The summed E-state index contributed by atoms with van der Waals surface area (Å²) in [5, 5.41) is 1.33. The molecule has 0 amide bonds. The molecule has 4 aromatic carbocycles. The Hall–Kier alpha value is -4.20. The number of hydrogen-bond acceptors (Lipinski definition) is 5. The summed E-state index contributed by atoms with van der Waals surface area (Å²) in [6.45, 7) is 1.63. The Labute approximate surface area is 251 Å². The molecule has 2 aromatic heterocycles. The fraction of sp³-hybridized carbons (Fsp3) is 0.121. The second kappa shape index (κ2) is 10.7. The molecule has 0 saturated carbocycles. The van der Waals surface area contributed by atoms with E-state index < -0.39 is 5.54 Å². The summed E-state index contributed by atoms with van der Waals surface area (Å²) in [4.78, 5) is 16.2. The topological polar surface area (TPSA) is 56.1 Å². The van der Waals surface area contributed by atoms with Crippen molar-refractivity contribution in [3.8, 4) is 5.75 Å². The molecule has 0 saturated heterocycles. The van der Waals surface area contributed by atoms with Gasteiger partial charge in [0.25, 0.3) is 0 Å². The fourth-order valence-corrected chi connectivity index (χ4v) is 6.50. The average molecular weight is 623 g/mol. The van der Waals surface area contributed by atoms with E-state index in [2.05, 4.69) is 121 Å². The number of imidazole rings is 1. The Balaban J connectivity index is 1.43. The third kappa shape index (κ3) is 4.28. The highest BCUT2D eigenvalue weighted by atomic mass is 79.9. The fourth-order valence-electron chi connectivity index (χ4n) is 5.90. The summed E-state index contributed by atoms with van der Waals surface area (Å²) in [6, 6.07) is 33.8. The first-order valence-electron chi connectivity index (χ1n) is 13.4. The van der Waals surface area contributed by atoms with Crippen molar-refractivity contribution in [3.05, 3.63) is 148 Å². The molecule has 6 aromatic rings. The molecule has 0 unspecified atom stereocenters. The summed E-state index contributed by atoms with van der Waals surface area (Å²) in [5.74, 6) is 1.39. The molecule has 1 aliphatic rings. The molecule has 0 spiro atoms. The number of benzene rings is 4. The number of halogens is 2. The maximum absolute atomic E-state index is 6.67. The lowest BCUT2D eigenvalue weighted by atomic mass is 9.76. The lowest BCUT2D eigenvalue weighted by molar-refractivity contribution is 0.330. The Morgan fingerprint density at radius 3 is 2.07 bits per heavy atom. The molecule has 0 radical (unpaired) electrons. The van der Waals surface area contributed by atoms with Crippen molar-refractivity contribution in [3.63, 3.8) is 0 Å². The number of rotatable bonds is 6. The predicted octanol–water partition coefficient (Wildman–Crippen LogP) is 7.48. The highest BCUT2D eigenvalue weighted by Crippen LogP contribution is 2.45. The minimum absolute atomic E-state index is 0.455. The van der Waals surface area contributed by atoms with Crippen LogP contribution in [0.2, 0.25) is 5.02 Å². The third-order valence-electron chi connectivity index (χ3n) is 7.67. The van der Waals surface area contributed by atoms with Gasteiger partial charge in [-0.05, 0) is 38.7 Å². The van der Waals surface area contributed by atoms with Crippen molar-refractivity contribution in [1.82, 2.24) is 19.5 Å². The van der Waals surface area contributed by atoms with E-state index in [1.54, 1.807) is 6.33 Å². The van der Waals surface area contributed by atoms with Gasteiger partial charge in [0, 0.05) is 10.7 Å². The molecule has 0 fully saturated rings. The number of anilines is 1. The average Bonchev–Trinajstić information content (AvgIpc) is 3.40. The van der Waals surface area contributed by atoms with Crippen LogP contribution in [0.4, 0.5) is 5.82 Å². The van der Waals surface area contributed by atoms with E-state index in [9.17, 15) is 0 Å². The number of nitrogens with zero attached hydrogens (tertiary/aromatic N) is 5. The van der Waals surface area contributed by atoms with Gasteiger partial charge in [-0.1, -0.05) is 103 Å². The normalized spacial score (nSPS) is 13.2. The zero-order chi connectivity index (χ0) is 27.8. The first kappa shape index (κ1) is 25.7. The Morgan fingerprint density at radius 1 is 0.854 bits per heavy atom. The maximum Gasteiger partial charge on any atom is 0.152 e. The van der Waals surface area contributed by atoms with Crippen LogP contribution in [0.5, 0.6) is 5.75 Å². The molecule has 1 aliphatic heterocycles. The summed E-state index contributed by atoms with van der Waals surface area (Å²) in [6.07, 6.45) is 5.48. The van der Waals surface area contributed by atoms with Gasteiger partial charge in [0.1, 0.15) is 24.3 Å². The molecular weight excluding hydrogens is 598 g/mol. The lowest BCUT2D eigenvalue weighted by Crippen LogP contribution is -2.39. The zero-order valence-corrected chi connectivity index (χ0v) is 24.3. The van der Waals surface area contributed by atoms with Crippen molar-refractivity contribution in [2.45, 2.75) is 12.1 Å². The quantitative estimate of drug-likeness (QED) is 0.180. The van der Waals surface area contributed by atoms with Crippen LogP contribution in [0.1, 0.15) is 22.4 Å². The summed E-state index contributed by atoms with van der Waals surface area (Å²) < 4.78 is 9.23. The molecular formula is C33H25BrClN5O. The Bertz CT molecular complexity index is 1730. The van der Waals surface area contributed by atoms with Gasteiger partial charge in [-0.25, -0.2) is 15.0 Å². The van der Waals surface area contributed by atoms with Crippen LogP contribution in [0.25, 0.3) is 10.9 Å². The minimum atomic E-state index is -0.662. The largest absolute Gasteiger partial charge is 0.489 e. The molecule has 202 valence electrons. The van der Waals surface area contributed by atoms with Crippen LogP contribution in [-0.4, -0.2) is 32.7 Å². The Kier molecular flexibility index (Phi) is 6.69. The van der Waals surface area contributed by atoms with E-state index in [0.717, 1.165) is 43.6 Å². The van der Waals surface area contributed by atoms with Crippen molar-refractivity contribution in [2.24, 2.45) is 0 Å². The molecule has 0 bridgehead atoms. The van der Waals surface area contributed by atoms with Gasteiger partial charge < -0.3 is 14.2 Å². The van der Waals surface area contributed by atoms with Crippen LogP contribution in [0, 0.1) is 0 Å². The molecule has 6 nitrogen and oxygen atoms in total. The first-order chi connectivity index (χ1) is 20.2.